The average molecular weight is 274 g/mol. The maximum absolute atomic E-state index is 3.81. The van der Waals surface area contributed by atoms with Gasteiger partial charge in [-0.1, -0.05) is 48.0 Å². The molecule has 0 amide bonds. The predicted molar refractivity (Wildman–Crippen MR) is 69.9 cm³/mol. The summed E-state index contributed by atoms with van der Waals surface area (Å²) >= 11 is 0.597. The summed E-state index contributed by atoms with van der Waals surface area (Å²) in [6.45, 7) is 2.12. The zero-order valence-corrected chi connectivity index (χ0v) is 10.8. The second-order valence-electron chi connectivity index (χ2n) is 3.53. The molecule has 1 heterocycles. The Hall–Kier alpha value is -1.37. The average Bonchev–Trinajstić information content (AvgIpc) is 2.87. The van der Waals surface area contributed by atoms with Crippen LogP contribution in [0.2, 0.25) is 0 Å². The van der Waals surface area contributed by atoms with E-state index in [1.165, 1.54) is 16.3 Å². The van der Waals surface area contributed by atoms with Crippen molar-refractivity contribution in [2.75, 3.05) is 0 Å². The van der Waals surface area contributed by atoms with Crippen molar-refractivity contribution in [3.8, 4) is 0 Å². The molecule has 0 saturated heterocycles. The summed E-state index contributed by atoms with van der Waals surface area (Å²) < 4.78 is 0. The fourth-order valence-corrected chi connectivity index (χ4v) is 2.22. The van der Waals surface area contributed by atoms with E-state index in [4.69, 9.17) is 0 Å². The van der Waals surface area contributed by atoms with Gasteiger partial charge in [-0.15, -0.1) is 0 Å². The van der Waals surface area contributed by atoms with Crippen LogP contribution in [0.3, 0.4) is 0 Å². The van der Waals surface area contributed by atoms with Gasteiger partial charge < -0.3 is 0 Å². The molecular formula is C14H13NSe. The van der Waals surface area contributed by atoms with Crippen LogP contribution < -0.4 is 0 Å². The van der Waals surface area contributed by atoms with E-state index in [0.717, 1.165) is 0 Å². The minimum absolute atomic E-state index is 0.597. The molecule has 3 rings (SSSR count). The van der Waals surface area contributed by atoms with Gasteiger partial charge in [0.2, 0.25) is 0 Å². The van der Waals surface area contributed by atoms with Crippen LogP contribution in [0.25, 0.3) is 10.8 Å². The Morgan fingerprint density at radius 1 is 1.00 bits per heavy atom. The number of hydrogen-bond acceptors (Lipinski definition) is 1. The standard InChI is InChI=1S/C11H10.C3H3NSe/c1-9-6-7-10-4-2-3-5-11(10)8-9;1-2-5-3-4-1/h2-8H,1H3;1-3H. The molecule has 2 heteroatoms. The summed E-state index contributed by atoms with van der Waals surface area (Å²) in [5.74, 6) is 0. The zero-order valence-electron chi connectivity index (χ0n) is 9.13. The van der Waals surface area contributed by atoms with Gasteiger partial charge in [0.25, 0.3) is 0 Å². The normalized spacial score (nSPS) is 9.56. The van der Waals surface area contributed by atoms with E-state index in [1.807, 2.05) is 11.3 Å². The molecule has 1 aromatic heterocycles. The van der Waals surface area contributed by atoms with Gasteiger partial charge in [-0.2, -0.15) is 0 Å². The van der Waals surface area contributed by atoms with Crippen molar-refractivity contribution in [3.05, 3.63) is 64.2 Å². The first-order chi connectivity index (χ1) is 7.86. The first-order valence-corrected chi connectivity index (χ1v) is 7.11. The quantitative estimate of drug-likeness (QED) is 0.573. The fraction of sp³-hybridized carbons (Fsp3) is 0.0714. The van der Waals surface area contributed by atoms with Gasteiger partial charge in [-0.3, -0.25) is 0 Å². The molecule has 0 radical (unpaired) electrons. The molecular weight excluding hydrogens is 261 g/mol. The maximum atomic E-state index is 3.81. The van der Waals surface area contributed by atoms with Crippen LogP contribution in [0.15, 0.2) is 58.7 Å². The first-order valence-electron chi connectivity index (χ1n) is 5.14. The molecule has 0 N–H and O–H groups in total. The molecule has 0 saturated carbocycles. The molecule has 0 aliphatic rings. The predicted octanol–water partition coefficient (Wildman–Crippen LogP) is 3.29. The van der Waals surface area contributed by atoms with Crippen LogP contribution in [0.5, 0.6) is 0 Å². The number of aryl methyl sites for hydroxylation is 1. The summed E-state index contributed by atoms with van der Waals surface area (Å²) in [6, 6.07) is 14.9. The van der Waals surface area contributed by atoms with Crippen LogP contribution >= 0.6 is 0 Å². The Morgan fingerprint density at radius 2 is 1.81 bits per heavy atom. The van der Waals surface area contributed by atoms with Gasteiger partial charge >= 0.3 is 35.7 Å². The summed E-state index contributed by atoms with van der Waals surface area (Å²) in [7, 11) is 0. The monoisotopic (exact) mass is 275 g/mol. The summed E-state index contributed by atoms with van der Waals surface area (Å²) in [6.07, 6.45) is 1.83. The number of benzene rings is 2. The third-order valence-electron chi connectivity index (χ3n) is 2.25. The third-order valence-corrected chi connectivity index (χ3v) is 3.35. The van der Waals surface area contributed by atoms with E-state index in [-0.39, 0.29) is 0 Å². The van der Waals surface area contributed by atoms with Gasteiger partial charge in [0.1, 0.15) is 0 Å². The Kier molecular flexibility index (Phi) is 3.92. The van der Waals surface area contributed by atoms with E-state index in [2.05, 4.69) is 59.3 Å². The molecule has 0 spiro atoms. The van der Waals surface area contributed by atoms with E-state index in [0.29, 0.717) is 14.5 Å². The second-order valence-corrected chi connectivity index (χ2v) is 5.11. The Bertz CT molecular complexity index is 526. The molecule has 0 unspecified atom stereocenters. The van der Waals surface area contributed by atoms with Crippen molar-refractivity contribution in [1.29, 1.82) is 0 Å². The number of hydrogen-bond donors (Lipinski definition) is 0. The van der Waals surface area contributed by atoms with E-state index in [9.17, 15) is 0 Å². The van der Waals surface area contributed by atoms with E-state index < -0.39 is 0 Å². The van der Waals surface area contributed by atoms with Gasteiger partial charge in [0, 0.05) is 0 Å². The third kappa shape index (κ3) is 3.06. The van der Waals surface area contributed by atoms with Crippen LogP contribution in [0, 0.1) is 6.92 Å². The van der Waals surface area contributed by atoms with Crippen LogP contribution in [0.4, 0.5) is 0 Å². The van der Waals surface area contributed by atoms with Crippen molar-refractivity contribution in [2.24, 2.45) is 0 Å². The topological polar surface area (TPSA) is 12.9 Å². The Labute approximate surface area is 102 Å². The van der Waals surface area contributed by atoms with E-state index >= 15 is 0 Å². The minimum atomic E-state index is 0.597. The Balaban J connectivity index is 0.000000162. The number of fused-ring (bicyclic) bond motifs is 1. The van der Waals surface area contributed by atoms with Gasteiger partial charge in [-0.05, 0) is 17.7 Å². The van der Waals surface area contributed by atoms with Crippen molar-refractivity contribution in [3.63, 3.8) is 0 Å². The van der Waals surface area contributed by atoms with Crippen molar-refractivity contribution >= 4 is 25.3 Å². The van der Waals surface area contributed by atoms with Gasteiger partial charge in [0.15, 0.2) is 0 Å². The molecule has 0 fully saturated rings. The molecule has 0 aliphatic carbocycles. The van der Waals surface area contributed by atoms with Crippen LogP contribution in [-0.2, 0) is 0 Å². The summed E-state index contributed by atoms with van der Waals surface area (Å²) in [4.78, 5) is 5.88. The van der Waals surface area contributed by atoms with Crippen LogP contribution in [0.1, 0.15) is 5.56 Å². The molecule has 1 nitrogen and oxygen atoms in total. The molecule has 3 aromatic rings. The van der Waals surface area contributed by atoms with Crippen molar-refractivity contribution in [1.82, 2.24) is 4.98 Å². The number of nitrogens with zero attached hydrogens (tertiary/aromatic N) is 1. The van der Waals surface area contributed by atoms with Gasteiger partial charge in [-0.25, -0.2) is 0 Å². The number of aromatic nitrogens is 1. The Morgan fingerprint density at radius 3 is 2.44 bits per heavy atom. The SMILES string of the molecule is Cc1ccc2ccccc2c1.c1c[se]cn1. The van der Waals surface area contributed by atoms with Crippen molar-refractivity contribution in [2.45, 2.75) is 6.92 Å². The molecule has 0 atom stereocenters. The molecule has 0 aliphatic heterocycles. The summed E-state index contributed by atoms with van der Waals surface area (Å²) in [5.41, 5.74) is 1.32. The second kappa shape index (κ2) is 5.64. The fourth-order valence-electron chi connectivity index (χ4n) is 1.48. The number of rotatable bonds is 0. The molecule has 16 heavy (non-hydrogen) atoms. The summed E-state index contributed by atoms with van der Waals surface area (Å²) in [5, 5.41) is 4.58. The van der Waals surface area contributed by atoms with Crippen molar-refractivity contribution < 1.29 is 0 Å². The van der Waals surface area contributed by atoms with Crippen LogP contribution in [-0.4, -0.2) is 19.5 Å². The zero-order chi connectivity index (χ0) is 11.2. The van der Waals surface area contributed by atoms with E-state index in [1.54, 1.807) is 0 Å². The van der Waals surface area contributed by atoms with Gasteiger partial charge in [0.05, 0.1) is 0 Å². The molecule has 2 aromatic carbocycles. The first kappa shape index (κ1) is 11.1. The molecule has 80 valence electrons. The molecule has 0 bridgehead atoms.